The van der Waals surface area contributed by atoms with Gasteiger partial charge in [-0.2, -0.15) is 11.3 Å². The number of hydrogen-bond acceptors (Lipinski definition) is 3. The molecule has 0 aliphatic rings. The molecule has 3 N–H and O–H groups in total. The van der Waals surface area contributed by atoms with Gasteiger partial charge in [0.2, 0.25) is 0 Å². The highest BCUT2D eigenvalue weighted by Gasteiger charge is 2.25. The van der Waals surface area contributed by atoms with Crippen molar-refractivity contribution in [2.75, 3.05) is 0 Å². The van der Waals surface area contributed by atoms with Crippen LogP contribution in [-0.2, 0) is 0 Å². The second-order valence-corrected chi connectivity index (χ2v) is 5.78. The normalized spacial score (nSPS) is 12.5. The molecule has 21 heavy (non-hydrogen) atoms. The summed E-state index contributed by atoms with van der Waals surface area (Å²) in [7, 11) is 0. The molecule has 1 atom stereocenters. The van der Waals surface area contributed by atoms with Gasteiger partial charge in [-0.3, -0.25) is 11.3 Å². The molecule has 1 unspecified atom stereocenters. The SMILES string of the molecule is NNC(c1ccsc1)C(c1ccccc1)c1ccccc1. The fraction of sp³-hybridized carbons (Fsp3) is 0.111. The molecule has 0 bridgehead atoms. The first-order valence-electron chi connectivity index (χ1n) is 6.98. The first-order chi connectivity index (χ1) is 10.4. The predicted octanol–water partition coefficient (Wildman–Crippen LogP) is 4.08. The lowest BCUT2D eigenvalue weighted by molar-refractivity contribution is 0.500. The van der Waals surface area contributed by atoms with Crippen molar-refractivity contribution in [3.8, 4) is 0 Å². The summed E-state index contributed by atoms with van der Waals surface area (Å²) in [5.74, 6) is 6.08. The van der Waals surface area contributed by atoms with Crippen LogP contribution in [-0.4, -0.2) is 0 Å². The monoisotopic (exact) mass is 294 g/mol. The van der Waals surface area contributed by atoms with E-state index in [1.807, 2.05) is 12.1 Å². The van der Waals surface area contributed by atoms with E-state index in [2.05, 4.69) is 70.8 Å². The van der Waals surface area contributed by atoms with E-state index in [0.29, 0.717) is 0 Å². The largest absolute Gasteiger partial charge is 0.271 e. The molecule has 2 aromatic carbocycles. The number of hydrogen-bond donors (Lipinski definition) is 2. The minimum atomic E-state index is 0.0565. The summed E-state index contributed by atoms with van der Waals surface area (Å²) in [5, 5.41) is 4.25. The Hall–Kier alpha value is -1.94. The van der Waals surface area contributed by atoms with Gasteiger partial charge in [0.25, 0.3) is 0 Å². The third-order valence-corrected chi connectivity index (χ3v) is 4.43. The van der Waals surface area contributed by atoms with Crippen molar-refractivity contribution >= 4 is 11.3 Å². The van der Waals surface area contributed by atoms with Crippen molar-refractivity contribution < 1.29 is 0 Å². The zero-order valence-electron chi connectivity index (χ0n) is 11.6. The molecular weight excluding hydrogens is 276 g/mol. The van der Waals surface area contributed by atoms with E-state index in [9.17, 15) is 0 Å². The highest BCUT2D eigenvalue weighted by atomic mass is 32.1. The molecule has 3 heteroatoms. The molecule has 0 saturated heterocycles. The smallest absolute Gasteiger partial charge is 0.0577 e. The summed E-state index contributed by atoms with van der Waals surface area (Å²) < 4.78 is 0. The Bertz CT molecular complexity index is 611. The van der Waals surface area contributed by atoms with E-state index >= 15 is 0 Å². The second kappa shape index (κ2) is 6.68. The molecule has 0 radical (unpaired) electrons. The number of hydrazine groups is 1. The Morgan fingerprint density at radius 3 is 1.76 bits per heavy atom. The van der Waals surface area contributed by atoms with Gasteiger partial charge in [-0.05, 0) is 33.5 Å². The summed E-state index contributed by atoms with van der Waals surface area (Å²) in [5.41, 5.74) is 6.75. The average Bonchev–Trinajstić information content (AvgIpc) is 3.08. The highest BCUT2D eigenvalue weighted by molar-refractivity contribution is 7.07. The predicted molar refractivity (Wildman–Crippen MR) is 89.1 cm³/mol. The number of nitrogens with one attached hydrogen (secondary N) is 1. The van der Waals surface area contributed by atoms with Gasteiger partial charge in [-0.1, -0.05) is 60.7 Å². The van der Waals surface area contributed by atoms with Crippen molar-refractivity contribution in [1.29, 1.82) is 0 Å². The summed E-state index contributed by atoms with van der Waals surface area (Å²) in [6, 6.07) is 23.2. The molecular formula is C18H18N2S. The van der Waals surface area contributed by atoms with Crippen LogP contribution in [0.2, 0.25) is 0 Å². The van der Waals surface area contributed by atoms with Gasteiger partial charge >= 0.3 is 0 Å². The number of rotatable bonds is 5. The van der Waals surface area contributed by atoms with Gasteiger partial charge in [0.1, 0.15) is 0 Å². The molecule has 1 aromatic heterocycles. The molecule has 0 fully saturated rings. The minimum absolute atomic E-state index is 0.0565. The lowest BCUT2D eigenvalue weighted by Crippen LogP contribution is -2.32. The van der Waals surface area contributed by atoms with Crippen molar-refractivity contribution in [3.05, 3.63) is 94.2 Å². The Morgan fingerprint density at radius 1 is 0.762 bits per heavy atom. The Morgan fingerprint density at radius 2 is 1.33 bits per heavy atom. The van der Waals surface area contributed by atoms with Crippen LogP contribution in [0.1, 0.15) is 28.7 Å². The van der Waals surface area contributed by atoms with Crippen LogP contribution in [0, 0.1) is 0 Å². The Balaban J connectivity index is 2.08. The first-order valence-corrected chi connectivity index (χ1v) is 7.92. The topological polar surface area (TPSA) is 38.0 Å². The molecule has 2 nitrogen and oxygen atoms in total. The van der Waals surface area contributed by atoms with Gasteiger partial charge in [-0.25, -0.2) is 0 Å². The van der Waals surface area contributed by atoms with Crippen LogP contribution >= 0.6 is 11.3 Å². The second-order valence-electron chi connectivity index (χ2n) is 5.00. The van der Waals surface area contributed by atoms with Crippen molar-refractivity contribution in [1.82, 2.24) is 5.43 Å². The van der Waals surface area contributed by atoms with E-state index in [1.54, 1.807) is 11.3 Å². The maximum absolute atomic E-state index is 5.89. The molecule has 0 aliphatic carbocycles. The van der Waals surface area contributed by atoms with Crippen molar-refractivity contribution in [3.63, 3.8) is 0 Å². The molecule has 1 heterocycles. The van der Waals surface area contributed by atoms with Crippen LogP contribution in [0.25, 0.3) is 0 Å². The van der Waals surface area contributed by atoms with Gasteiger partial charge in [0, 0.05) is 5.92 Å². The first kappa shape index (κ1) is 14.0. The lowest BCUT2D eigenvalue weighted by atomic mass is 9.83. The summed E-state index contributed by atoms with van der Waals surface area (Å²) in [6.07, 6.45) is 0. The third kappa shape index (κ3) is 3.05. The fourth-order valence-corrected chi connectivity index (χ4v) is 3.43. The van der Waals surface area contributed by atoms with Gasteiger partial charge in [-0.15, -0.1) is 0 Å². The van der Waals surface area contributed by atoms with Crippen LogP contribution in [0.15, 0.2) is 77.5 Å². The Kier molecular flexibility index (Phi) is 4.46. The molecule has 0 aliphatic heterocycles. The van der Waals surface area contributed by atoms with E-state index in [0.717, 1.165) is 0 Å². The minimum Gasteiger partial charge on any atom is -0.271 e. The lowest BCUT2D eigenvalue weighted by Gasteiger charge is -2.27. The fourth-order valence-electron chi connectivity index (χ4n) is 2.73. The maximum atomic E-state index is 5.89. The van der Waals surface area contributed by atoms with Gasteiger partial charge in [0.05, 0.1) is 6.04 Å². The number of thiophene rings is 1. The van der Waals surface area contributed by atoms with Crippen LogP contribution in [0.4, 0.5) is 0 Å². The van der Waals surface area contributed by atoms with Crippen molar-refractivity contribution in [2.24, 2.45) is 5.84 Å². The third-order valence-electron chi connectivity index (χ3n) is 3.73. The number of benzene rings is 2. The molecule has 106 valence electrons. The average molecular weight is 294 g/mol. The zero-order chi connectivity index (χ0) is 14.5. The summed E-state index contributed by atoms with van der Waals surface area (Å²) in [6.45, 7) is 0. The van der Waals surface area contributed by atoms with E-state index < -0.39 is 0 Å². The Labute approximate surface area is 129 Å². The van der Waals surface area contributed by atoms with Crippen LogP contribution in [0.3, 0.4) is 0 Å². The maximum Gasteiger partial charge on any atom is 0.0577 e. The molecule has 0 amide bonds. The van der Waals surface area contributed by atoms with Gasteiger partial charge < -0.3 is 0 Å². The zero-order valence-corrected chi connectivity index (χ0v) is 12.5. The highest BCUT2D eigenvalue weighted by Crippen LogP contribution is 2.36. The summed E-state index contributed by atoms with van der Waals surface area (Å²) in [4.78, 5) is 0. The number of nitrogens with two attached hydrogens (primary N) is 1. The van der Waals surface area contributed by atoms with E-state index in [1.165, 1.54) is 16.7 Å². The van der Waals surface area contributed by atoms with Gasteiger partial charge in [0.15, 0.2) is 0 Å². The van der Waals surface area contributed by atoms with E-state index in [-0.39, 0.29) is 12.0 Å². The molecule has 0 saturated carbocycles. The van der Waals surface area contributed by atoms with Crippen molar-refractivity contribution in [2.45, 2.75) is 12.0 Å². The van der Waals surface area contributed by atoms with Crippen LogP contribution < -0.4 is 11.3 Å². The quantitative estimate of drug-likeness (QED) is 0.549. The molecule has 3 aromatic rings. The van der Waals surface area contributed by atoms with E-state index in [4.69, 9.17) is 5.84 Å². The van der Waals surface area contributed by atoms with Crippen LogP contribution in [0.5, 0.6) is 0 Å². The standard InChI is InChI=1S/C18H18N2S/c19-20-18(16-11-12-21-13-16)17(14-7-3-1-4-8-14)15-9-5-2-6-10-15/h1-13,17-18,20H,19H2. The molecule has 0 spiro atoms. The summed E-state index contributed by atoms with van der Waals surface area (Å²) >= 11 is 1.70. The molecule has 3 rings (SSSR count).